The van der Waals surface area contributed by atoms with E-state index in [1.165, 1.54) is 9.80 Å². The van der Waals surface area contributed by atoms with Gasteiger partial charge in [0.15, 0.2) is 0 Å². The molecular formula is C30H43N5O5S. The number of nitrogens with two attached hydrogens (primary N) is 1. The normalized spacial score (nSPS) is 15.0. The van der Waals surface area contributed by atoms with Crippen LogP contribution < -0.4 is 10.5 Å². The fourth-order valence-electron chi connectivity index (χ4n) is 5.07. The van der Waals surface area contributed by atoms with E-state index in [9.17, 15) is 23.1 Å². The van der Waals surface area contributed by atoms with Gasteiger partial charge in [-0.05, 0) is 52.5 Å². The number of benzene rings is 2. The Morgan fingerprint density at radius 1 is 0.927 bits per heavy atom. The zero-order chi connectivity index (χ0) is 30.6. The molecule has 1 unspecified atom stereocenters. The second-order valence-corrected chi connectivity index (χ2v) is 13.2. The number of carbonyl (C=O) groups is 2. The molecule has 1 fully saturated rings. The van der Waals surface area contributed by atoms with E-state index in [1.54, 1.807) is 24.3 Å². The molecular weight excluding hydrogens is 542 g/mol. The van der Waals surface area contributed by atoms with Crippen LogP contribution in [0.25, 0.3) is 0 Å². The number of hydrogen-bond acceptors (Lipinski definition) is 5. The number of carbonyl (C=O) groups excluding carboxylic acids is 1. The first-order chi connectivity index (χ1) is 19.1. The van der Waals surface area contributed by atoms with Gasteiger partial charge >= 0.3 is 6.09 Å². The van der Waals surface area contributed by atoms with Crippen LogP contribution in [-0.2, 0) is 21.2 Å². The van der Waals surface area contributed by atoms with Crippen molar-refractivity contribution in [2.45, 2.75) is 76.7 Å². The number of nitrogen functional groups attached to an aromatic ring is 1. The topological polar surface area (TPSA) is 157 Å². The number of rotatable bonds is 10. The van der Waals surface area contributed by atoms with E-state index >= 15 is 0 Å². The SMILES string of the molecule is CC(C)c1cc(C(C)C)c(S(=O)(=O)NC(Cc2cccc(C(=N)N)c2)C(=O)N2CCN(C(=O)O)CC2)c(C(C)C)c1. The zero-order valence-corrected chi connectivity index (χ0v) is 25.6. The van der Waals surface area contributed by atoms with Gasteiger partial charge in [-0.15, -0.1) is 0 Å². The Labute approximate surface area is 243 Å². The van der Waals surface area contributed by atoms with Crippen LogP contribution in [0.5, 0.6) is 0 Å². The molecule has 5 N–H and O–H groups in total. The van der Waals surface area contributed by atoms with Gasteiger partial charge in [0.2, 0.25) is 15.9 Å². The van der Waals surface area contributed by atoms with E-state index in [2.05, 4.69) is 18.6 Å². The molecule has 10 nitrogen and oxygen atoms in total. The molecule has 0 saturated carbocycles. The van der Waals surface area contributed by atoms with Crippen LogP contribution in [0.3, 0.4) is 0 Å². The maximum absolute atomic E-state index is 14.2. The lowest BCUT2D eigenvalue weighted by Gasteiger charge is -2.35. The molecule has 1 heterocycles. The summed E-state index contributed by atoms with van der Waals surface area (Å²) >= 11 is 0. The number of piperazine rings is 1. The first-order valence-corrected chi connectivity index (χ1v) is 15.5. The molecule has 0 spiro atoms. The molecule has 1 aliphatic heterocycles. The predicted octanol–water partition coefficient (Wildman–Crippen LogP) is 4.05. The molecule has 0 aliphatic carbocycles. The van der Waals surface area contributed by atoms with Crippen LogP contribution in [0.15, 0.2) is 41.3 Å². The molecule has 41 heavy (non-hydrogen) atoms. The van der Waals surface area contributed by atoms with E-state index in [0.29, 0.717) is 22.3 Å². The standard InChI is InChI=1S/C30H43N5O5S/c1-18(2)23-16-24(19(3)4)27(25(17-23)20(5)6)41(39,40)33-26(15-21-8-7-9-22(14-21)28(31)32)29(36)34-10-12-35(13-11-34)30(37)38/h7-9,14,16-20,26,33H,10-13,15H2,1-6H3,(H3,31,32)(H,37,38). The maximum Gasteiger partial charge on any atom is 0.407 e. The number of sulfonamides is 1. The molecule has 2 aromatic rings. The summed E-state index contributed by atoms with van der Waals surface area (Å²) in [5.74, 6) is -0.509. The summed E-state index contributed by atoms with van der Waals surface area (Å²) in [7, 11) is -4.18. The molecule has 2 amide bonds. The van der Waals surface area contributed by atoms with Crippen LogP contribution in [-0.4, -0.2) is 73.4 Å². The largest absolute Gasteiger partial charge is 0.465 e. The van der Waals surface area contributed by atoms with Gasteiger partial charge in [-0.2, -0.15) is 4.72 Å². The third-order valence-electron chi connectivity index (χ3n) is 7.48. The van der Waals surface area contributed by atoms with Gasteiger partial charge < -0.3 is 20.6 Å². The van der Waals surface area contributed by atoms with Gasteiger partial charge in [0, 0.05) is 31.7 Å². The number of hydrogen-bond donors (Lipinski definition) is 4. The first-order valence-electron chi connectivity index (χ1n) is 14.0. The van der Waals surface area contributed by atoms with Gasteiger partial charge in [0.05, 0.1) is 4.90 Å². The van der Waals surface area contributed by atoms with Crippen LogP contribution >= 0.6 is 0 Å². The van der Waals surface area contributed by atoms with E-state index in [-0.39, 0.29) is 61.1 Å². The summed E-state index contributed by atoms with van der Waals surface area (Å²) < 4.78 is 31.2. The second kappa shape index (κ2) is 13.0. The molecule has 1 atom stereocenters. The number of nitrogens with zero attached hydrogens (tertiary/aromatic N) is 2. The van der Waals surface area contributed by atoms with Crippen LogP contribution in [0.4, 0.5) is 4.79 Å². The van der Waals surface area contributed by atoms with Gasteiger partial charge in [0.25, 0.3) is 0 Å². The van der Waals surface area contributed by atoms with Crippen molar-refractivity contribution in [1.82, 2.24) is 14.5 Å². The minimum absolute atomic E-state index is 0.0381. The Morgan fingerprint density at radius 2 is 1.46 bits per heavy atom. The average Bonchev–Trinajstić information content (AvgIpc) is 2.91. The van der Waals surface area contributed by atoms with Crippen molar-refractivity contribution < 1.29 is 23.1 Å². The lowest BCUT2D eigenvalue weighted by atomic mass is 9.89. The Morgan fingerprint density at radius 3 is 1.93 bits per heavy atom. The Hall–Kier alpha value is -3.44. The molecule has 11 heteroatoms. The average molecular weight is 586 g/mol. The van der Waals surface area contributed by atoms with Crippen molar-refractivity contribution in [3.8, 4) is 0 Å². The monoisotopic (exact) mass is 585 g/mol. The van der Waals surface area contributed by atoms with E-state index < -0.39 is 28.1 Å². The number of amides is 2. The molecule has 0 radical (unpaired) electrons. The van der Waals surface area contributed by atoms with Crippen molar-refractivity contribution in [2.24, 2.45) is 5.73 Å². The highest BCUT2D eigenvalue weighted by Crippen LogP contribution is 2.35. The molecule has 0 bridgehead atoms. The fourth-order valence-corrected chi connectivity index (χ4v) is 6.95. The van der Waals surface area contributed by atoms with Crippen molar-refractivity contribution in [2.75, 3.05) is 26.2 Å². The van der Waals surface area contributed by atoms with E-state index in [1.807, 2.05) is 39.8 Å². The van der Waals surface area contributed by atoms with E-state index in [4.69, 9.17) is 11.1 Å². The van der Waals surface area contributed by atoms with Gasteiger partial charge in [-0.3, -0.25) is 10.2 Å². The quantitative estimate of drug-likeness (QED) is 0.243. The molecule has 2 aromatic carbocycles. The lowest BCUT2D eigenvalue weighted by molar-refractivity contribution is -0.134. The summed E-state index contributed by atoms with van der Waals surface area (Å²) in [6, 6.07) is 9.59. The zero-order valence-electron chi connectivity index (χ0n) is 24.8. The third kappa shape index (κ3) is 7.65. The minimum Gasteiger partial charge on any atom is -0.465 e. The van der Waals surface area contributed by atoms with Crippen molar-refractivity contribution in [1.29, 1.82) is 5.41 Å². The highest BCUT2D eigenvalue weighted by Gasteiger charge is 2.35. The maximum atomic E-state index is 14.2. The lowest BCUT2D eigenvalue weighted by Crippen LogP contribution is -2.56. The highest BCUT2D eigenvalue weighted by atomic mass is 32.2. The van der Waals surface area contributed by atoms with Crippen molar-refractivity contribution in [3.05, 3.63) is 64.2 Å². The molecule has 224 valence electrons. The van der Waals surface area contributed by atoms with Gasteiger partial charge in [-0.1, -0.05) is 71.9 Å². The first kappa shape index (κ1) is 32.1. The predicted molar refractivity (Wildman–Crippen MR) is 160 cm³/mol. The Balaban J connectivity index is 2.07. The van der Waals surface area contributed by atoms with Crippen LogP contribution in [0.2, 0.25) is 0 Å². The number of amidine groups is 1. The molecule has 1 aliphatic rings. The third-order valence-corrected chi connectivity index (χ3v) is 9.09. The van der Waals surface area contributed by atoms with Crippen molar-refractivity contribution >= 4 is 27.9 Å². The fraction of sp³-hybridized carbons (Fsp3) is 0.500. The Kier molecular flexibility index (Phi) is 10.2. The minimum atomic E-state index is -4.18. The number of carboxylic acid groups (broad SMARTS) is 1. The van der Waals surface area contributed by atoms with Crippen LogP contribution in [0.1, 0.15) is 87.1 Å². The molecule has 3 rings (SSSR count). The Bertz CT molecular complexity index is 1370. The summed E-state index contributed by atoms with van der Waals surface area (Å²) in [4.78, 5) is 28.2. The van der Waals surface area contributed by atoms with E-state index in [0.717, 1.165) is 5.56 Å². The second-order valence-electron chi connectivity index (χ2n) is 11.6. The summed E-state index contributed by atoms with van der Waals surface area (Å²) in [6.45, 7) is 12.6. The number of nitrogens with one attached hydrogen (secondary N) is 2. The summed E-state index contributed by atoms with van der Waals surface area (Å²) in [5.41, 5.74) is 9.25. The highest BCUT2D eigenvalue weighted by molar-refractivity contribution is 7.89. The molecule has 1 saturated heterocycles. The summed E-state index contributed by atoms with van der Waals surface area (Å²) in [6.07, 6.45) is -1.01. The van der Waals surface area contributed by atoms with Crippen molar-refractivity contribution in [3.63, 3.8) is 0 Å². The molecule has 0 aromatic heterocycles. The van der Waals surface area contributed by atoms with Gasteiger partial charge in [-0.25, -0.2) is 13.2 Å². The smallest absolute Gasteiger partial charge is 0.407 e. The summed E-state index contributed by atoms with van der Waals surface area (Å²) in [5, 5.41) is 17.1. The van der Waals surface area contributed by atoms with Gasteiger partial charge in [0.1, 0.15) is 11.9 Å². The van der Waals surface area contributed by atoms with Crippen LogP contribution in [0, 0.1) is 5.41 Å².